The predicted molar refractivity (Wildman–Crippen MR) is 136 cm³/mol. The summed E-state index contributed by atoms with van der Waals surface area (Å²) < 4.78 is 14.7. The molecule has 1 atom stereocenters. The lowest BCUT2D eigenvalue weighted by Crippen LogP contribution is -2.38. The summed E-state index contributed by atoms with van der Waals surface area (Å²) in [5, 5.41) is 15.6. The lowest BCUT2D eigenvalue weighted by atomic mass is 10.0. The van der Waals surface area contributed by atoms with Crippen molar-refractivity contribution >= 4 is 28.9 Å². The van der Waals surface area contributed by atoms with E-state index in [1.807, 2.05) is 18.7 Å². The Kier molecular flexibility index (Phi) is 7.44. The van der Waals surface area contributed by atoms with Gasteiger partial charge in [-0.1, -0.05) is 0 Å². The minimum atomic E-state index is -0.588. The van der Waals surface area contributed by atoms with Gasteiger partial charge in [-0.2, -0.15) is 0 Å². The van der Waals surface area contributed by atoms with Gasteiger partial charge in [0.2, 0.25) is 0 Å². The quantitative estimate of drug-likeness (QED) is 0.415. The van der Waals surface area contributed by atoms with E-state index in [-0.39, 0.29) is 40.2 Å². The lowest BCUT2D eigenvalue weighted by molar-refractivity contribution is 0.0942. The fraction of sp³-hybridized carbons (Fsp3) is 0.308. The first kappa shape index (κ1) is 25.1. The van der Waals surface area contributed by atoms with E-state index in [0.29, 0.717) is 12.2 Å². The molecule has 1 saturated heterocycles. The van der Waals surface area contributed by atoms with Crippen LogP contribution < -0.4 is 21.3 Å². The zero-order valence-corrected chi connectivity index (χ0v) is 20.2. The summed E-state index contributed by atoms with van der Waals surface area (Å²) in [5.41, 5.74) is 7.76. The second-order valence-electron chi connectivity index (χ2n) is 9.05. The molecule has 0 aliphatic carbocycles. The monoisotopic (exact) mass is 492 g/mol. The maximum atomic E-state index is 14.7. The van der Waals surface area contributed by atoms with Crippen molar-refractivity contribution in [2.24, 2.45) is 0 Å². The summed E-state index contributed by atoms with van der Waals surface area (Å²) >= 11 is 0. The van der Waals surface area contributed by atoms with Crippen molar-refractivity contribution < 1.29 is 19.1 Å². The minimum Gasteiger partial charge on any atom is -0.397 e. The number of piperidine rings is 1. The molecule has 5 N–H and O–H groups in total. The number of nitrogens with zero attached hydrogens (tertiary/aromatic N) is 3. The van der Waals surface area contributed by atoms with Gasteiger partial charge in [-0.15, -0.1) is 0 Å². The number of anilines is 3. The summed E-state index contributed by atoms with van der Waals surface area (Å²) in [5.74, 6) is -1.51. The number of halogens is 1. The van der Waals surface area contributed by atoms with Gasteiger partial charge >= 0.3 is 0 Å². The average molecular weight is 493 g/mol. The van der Waals surface area contributed by atoms with E-state index in [1.165, 1.54) is 36.5 Å². The number of amides is 2. The Morgan fingerprint density at radius 2 is 2.00 bits per heavy atom. The standard InChI is InChI=1S/C26H29FN6O3/c1-15(2)30-25(35)16-5-6-19(27)18(12-16)21-8-7-20(28)24(31-21)26(36)32-22-13-29-10-9-23(22)33-11-3-4-17(34)14-33/h5-10,12-13,15,17,34H,3-4,11,14,28H2,1-2H3,(H,30,35)(H,32,36). The van der Waals surface area contributed by atoms with Crippen LogP contribution in [0.3, 0.4) is 0 Å². The summed E-state index contributed by atoms with van der Waals surface area (Å²) in [6, 6.07) is 8.64. The van der Waals surface area contributed by atoms with Gasteiger partial charge < -0.3 is 26.4 Å². The second kappa shape index (κ2) is 10.7. The summed E-state index contributed by atoms with van der Waals surface area (Å²) in [4.78, 5) is 36.0. The second-order valence-corrected chi connectivity index (χ2v) is 9.05. The van der Waals surface area contributed by atoms with Gasteiger partial charge in [0, 0.05) is 36.5 Å². The third-order valence-corrected chi connectivity index (χ3v) is 5.85. The van der Waals surface area contributed by atoms with Crippen molar-refractivity contribution in [2.45, 2.75) is 38.8 Å². The molecule has 2 amide bonds. The number of β-amino-alcohol motifs (C(OH)–C–C–N with tert-alkyl or cyclic N) is 1. The molecule has 10 heteroatoms. The SMILES string of the molecule is CC(C)NC(=O)c1ccc(F)c(-c2ccc(N)c(C(=O)Nc3cnccc3N3CCCC(O)C3)n2)c1. The highest BCUT2D eigenvalue weighted by Crippen LogP contribution is 2.29. The Morgan fingerprint density at radius 3 is 2.75 bits per heavy atom. The van der Waals surface area contributed by atoms with Gasteiger partial charge in [-0.3, -0.25) is 14.6 Å². The fourth-order valence-corrected chi connectivity index (χ4v) is 4.12. The molecular weight excluding hydrogens is 463 g/mol. The molecule has 188 valence electrons. The highest BCUT2D eigenvalue weighted by Gasteiger charge is 2.22. The van der Waals surface area contributed by atoms with Gasteiger partial charge in [0.15, 0.2) is 5.69 Å². The number of nitrogen functional groups attached to an aromatic ring is 1. The number of nitrogens with two attached hydrogens (primary N) is 1. The molecule has 1 aliphatic heterocycles. The normalized spacial score (nSPS) is 15.6. The molecule has 0 spiro atoms. The zero-order valence-electron chi connectivity index (χ0n) is 20.2. The number of carbonyl (C=O) groups excluding carboxylic acids is 2. The molecule has 0 radical (unpaired) electrons. The van der Waals surface area contributed by atoms with Crippen LogP contribution in [0.15, 0.2) is 48.8 Å². The summed E-state index contributed by atoms with van der Waals surface area (Å²) in [6.07, 6.45) is 4.24. The lowest BCUT2D eigenvalue weighted by Gasteiger charge is -2.33. The highest BCUT2D eigenvalue weighted by atomic mass is 19.1. The predicted octanol–water partition coefficient (Wildman–Crippen LogP) is 3.22. The maximum Gasteiger partial charge on any atom is 0.276 e. The number of aliphatic hydroxyl groups excluding tert-OH is 1. The van der Waals surface area contributed by atoms with Crippen LogP contribution in [0.5, 0.6) is 0 Å². The Balaban J connectivity index is 1.62. The molecule has 36 heavy (non-hydrogen) atoms. The van der Waals surface area contributed by atoms with Crippen LogP contribution in [0.1, 0.15) is 47.5 Å². The van der Waals surface area contributed by atoms with E-state index in [0.717, 1.165) is 25.1 Å². The Labute approximate surface area is 208 Å². The van der Waals surface area contributed by atoms with E-state index < -0.39 is 17.8 Å². The number of benzene rings is 1. The molecule has 3 aromatic rings. The summed E-state index contributed by atoms with van der Waals surface area (Å²) in [7, 11) is 0. The molecule has 1 aromatic carbocycles. The van der Waals surface area contributed by atoms with Crippen LogP contribution in [-0.4, -0.2) is 52.1 Å². The molecule has 3 heterocycles. The van der Waals surface area contributed by atoms with Crippen LogP contribution in [0.25, 0.3) is 11.3 Å². The number of hydrogen-bond donors (Lipinski definition) is 4. The molecule has 4 rings (SSSR count). The molecule has 1 aliphatic rings. The fourth-order valence-electron chi connectivity index (χ4n) is 4.12. The topological polar surface area (TPSA) is 133 Å². The maximum absolute atomic E-state index is 14.7. The van der Waals surface area contributed by atoms with E-state index in [4.69, 9.17) is 5.73 Å². The molecule has 0 bridgehead atoms. The largest absolute Gasteiger partial charge is 0.397 e. The van der Waals surface area contributed by atoms with Crippen molar-refractivity contribution in [1.82, 2.24) is 15.3 Å². The van der Waals surface area contributed by atoms with Crippen molar-refractivity contribution in [1.29, 1.82) is 0 Å². The van der Waals surface area contributed by atoms with Gasteiger partial charge in [0.1, 0.15) is 5.82 Å². The van der Waals surface area contributed by atoms with Crippen LogP contribution >= 0.6 is 0 Å². The van der Waals surface area contributed by atoms with Crippen LogP contribution in [-0.2, 0) is 0 Å². The zero-order chi connectivity index (χ0) is 25.8. The molecule has 9 nitrogen and oxygen atoms in total. The first-order chi connectivity index (χ1) is 17.2. The number of carbonyl (C=O) groups is 2. The molecule has 1 unspecified atom stereocenters. The van der Waals surface area contributed by atoms with Crippen molar-refractivity contribution in [3.8, 4) is 11.3 Å². The number of aliphatic hydroxyl groups is 1. The Hall–Kier alpha value is -4.05. The first-order valence-electron chi connectivity index (χ1n) is 11.8. The highest BCUT2D eigenvalue weighted by molar-refractivity contribution is 6.08. The Morgan fingerprint density at radius 1 is 1.19 bits per heavy atom. The number of aromatic nitrogens is 2. The number of pyridine rings is 2. The smallest absolute Gasteiger partial charge is 0.276 e. The van der Waals surface area contributed by atoms with Crippen LogP contribution in [0, 0.1) is 5.82 Å². The van der Waals surface area contributed by atoms with Crippen LogP contribution in [0.2, 0.25) is 0 Å². The van der Waals surface area contributed by atoms with E-state index in [2.05, 4.69) is 20.6 Å². The Bertz CT molecular complexity index is 1280. The average Bonchev–Trinajstić information content (AvgIpc) is 2.84. The van der Waals surface area contributed by atoms with Crippen molar-refractivity contribution in [2.75, 3.05) is 29.0 Å². The number of rotatable bonds is 6. The van der Waals surface area contributed by atoms with Gasteiger partial charge in [-0.05, 0) is 63.1 Å². The minimum absolute atomic E-state index is 0.0739. The van der Waals surface area contributed by atoms with Gasteiger partial charge in [0.25, 0.3) is 11.8 Å². The third kappa shape index (κ3) is 5.60. The van der Waals surface area contributed by atoms with Crippen LogP contribution in [0.4, 0.5) is 21.5 Å². The molecule has 2 aromatic heterocycles. The van der Waals surface area contributed by atoms with Crippen molar-refractivity contribution in [3.05, 3.63) is 65.9 Å². The van der Waals surface area contributed by atoms with Crippen molar-refractivity contribution in [3.63, 3.8) is 0 Å². The molecule has 1 fully saturated rings. The first-order valence-corrected chi connectivity index (χ1v) is 11.8. The summed E-state index contributed by atoms with van der Waals surface area (Å²) in [6.45, 7) is 4.84. The number of nitrogens with one attached hydrogen (secondary N) is 2. The third-order valence-electron chi connectivity index (χ3n) is 5.85. The van der Waals surface area contributed by atoms with E-state index in [9.17, 15) is 19.1 Å². The van der Waals surface area contributed by atoms with Gasteiger partial charge in [-0.25, -0.2) is 9.37 Å². The molecular formula is C26H29FN6O3. The number of hydrogen-bond acceptors (Lipinski definition) is 7. The molecule has 0 saturated carbocycles. The van der Waals surface area contributed by atoms with E-state index >= 15 is 0 Å². The van der Waals surface area contributed by atoms with Gasteiger partial charge in [0.05, 0.1) is 35.1 Å². The van der Waals surface area contributed by atoms with E-state index in [1.54, 1.807) is 12.3 Å².